The SMILES string of the molecule is O=C(CN1CCCC(c2nc(-c3cccc(F)c3)no2)C1)Nc1ccc(N2CCCCCC2)cc1. The molecule has 0 saturated carbocycles. The van der Waals surface area contributed by atoms with Crippen LogP contribution in [0.5, 0.6) is 0 Å². The largest absolute Gasteiger partial charge is 0.372 e. The minimum absolute atomic E-state index is 0.0286. The maximum absolute atomic E-state index is 13.5. The van der Waals surface area contributed by atoms with Gasteiger partial charge >= 0.3 is 0 Å². The van der Waals surface area contributed by atoms with Crippen LogP contribution in [0, 0.1) is 5.82 Å². The lowest BCUT2D eigenvalue weighted by molar-refractivity contribution is -0.117. The standard InChI is InChI=1S/C27H32FN5O2/c28-22-9-5-7-20(17-22)26-30-27(35-31-26)21-8-6-14-32(18-21)19-25(34)29-23-10-12-24(13-11-23)33-15-3-1-2-4-16-33/h5,7,9-13,17,21H,1-4,6,8,14-16,18-19H2,(H,29,34). The van der Waals surface area contributed by atoms with E-state index in [1.54, 1.807) is 12.1 Å². The number of amides is 1. The summed E-state index contributed by atoms with van der Waals surface area (Å²) in [7, 11) is 0. The average molecular weight is 478 g/mol. The number of benzene rings is 2. The summed E-state index contributed by atoms with van der Waals surface area (Å²) in [5.41, 5.74) is 2.63. The van der Waals surface area contributed by atoms with Crippen LogP contribution in [0.4, 0.5) is 15.8 Å². The molecule has 8 heteroatoms. The quantitative estimate of drug-likeness (QED) is 0.534. The molecule has 2 fully saturated rings. The molecule has 0 radical (unpaired) electrons. The molecule has 3 heterocycles. The molecule has 2 aliphatic heterocycles. The third-order valence-corrected chi connectivity index (χ3v) is 6.87. The summed E-state index contributed by atoms with van der Waals surface area (Å²) in [6, 6.07) is 14.4. The Morgan fingerprint density at radius 1 is 1.03 bits per heavy atom. The Balaban J connectivity index is 1.15. The van der Waals surface area contributed by atoms with Gasteiger partial charge in [0.25, 0.3) is 0 Å². The fraction of sp³-hybridized carbons (Fsp3) is 0.444. The summed E-state index contributed by atoms with van der Waals surface area (Å²) in [5.74, 6) is 0.621. The number of rotatable bonds is 6. The summed E-state index contributed by atoms with van der Waals surface area (Å²) < 4.78 is 19.0. The average Bonchev–Trinajstić information content (AvgIpc) is 3.21. The Hall–Kier alpha value is -3.26. The van der Waals surface area contributed by atoms with Crippen LogP contribution in [-0.2, 0) is 4.79 Å². The maximum Gasteiger partial charge on any atom is 0.238 e. The first kappa shape index (κ1) is 23.5. The number of carbonyl (C=O) groups is 1. The second-order valence-corrected chi connectivity index (χ2v) is 9.54. The van der Waals surface area contributed by atoms with E-state index in [-0.39, 0.29) is 17.6 Å². The smallest absolute Gasteiger partial charge is 0.238 e. The third-order valence-electron chi connectivity index (χ3n) is 6.87. The summed E-state index contributed by atoms with van der Waals surface area (Å²) in [6.07, 6.45) is 6.96. The van der Waals surface area contributed by atoms with Crippen LogP contribution < -0.4 is 10.2 Å². The highest BCUT2D eigenvalue weighted by atomic mass is 19.1. The zero-order valence-electron chi connectivity index (χ0n) is 20.0. The fourth-order valence-corrected chi connectivity index (χ4v) is 5.03. The van der Waals surface area contributed by atoms with Gasteiger partial charge in [-0.15, -0.1) is 0 Å². The summed E-state index contributed by atoms with van der Waals surface area (Å²) in [4.78, 5) is 21.8. The number of piperidine rings is 1. The topological polar surface area (TPSA) is 74.5 Å². The van der Waals surface area contributed by atoms with Gasteiger partial charge in [0.2, 0.25) is 17.6 Å². The van der Waals surface area contributed by atoms with E-state index >= 15 is 0 Å². The van der Waals surface area contributed by atoms with Crippen LogP contribution in [0.25, 0.3) is 11.4 Å². The molecule has 1 aromatic heterocycles. The Morgan fingerprint density at radius 2 is 1.83 bits per heavy atom. The van der Waals surface area contributed by atoms with Gasteiger partial charge in [0.15, 0.2) is 0 Å². The number of aromatic nitrogens is 2. The van der Waals surface area contributed by atoms with Crippen molar-refractivity contribution >= 4 is 17.3 Å². The summed E-state index contributed by atoms with van der Waals surface area (Å²) >= 11 is 0. The number of nitrogens with zero attached hydrogens (tertiary/aromatic N) is 4. The molecule has 35 heavy (non-hydrogen) atoms. The number of hydrogen-bond donors (Lipinski definition) is 1. The van der Waals surface area contributed by atoms with E-state index in [4.69, 9.17) is 4.52 Å². The molecule has 2 saturated heterocycles. The highest BCUT2D eigenvalue weighted by Gasteiger charge is 2.27. The van der Waals surface area contributed by atoms with Gasteiger partial charge in [0.1, 0.15) is 5.82 Å². The van der Waals surface area contributed by atoms with E-state index in [1.807, 2.05) is 12.1 Å². The van der Waals surface area contributed by atoms with Crippen LogP contribution in [0.2, 0.25) is 0 Å². The molecule has 7 nitrogen and oxygen atoms in total. The molecule has 5 rings (SSSR count). The van der Waals surface area contributed by atoms with Gasteiger partial charge in [-0.3, -0.25) is 9.69 Å². The Bertz CT molecular complexity index is 1120. The number of anilines is 2. The molecule has 1 amide bonds. The molecule has 2 aromatic carbocycles. The van der Waals surface area contributed by atoms with Crippen molar-refractivity contribution in [3.05, 3.63) is 60.2 Å². The van der Waals surface area contributed by atoms with Gasteiger partial charge < -0.3 is 14.7 Å². The zero-order chi connectivity index (χ0) is 24.0. The summed E-state index contributed by atoms with van der Waals surface area (Å²) in [5, 5.41) is 7.07. The lowest BCUT2D eigenvalue weighted by Gasteiger charge is -2.30. The minimum atomic E-state index is -0.333. The van der Waals surface area contributed by atoms with Gasteiger partial charge in [-0.1, -0.05) is 30.1 Å². The molecule has 1 N–H and O–H groups in total. The molecule has 0 spiro atoms. The molecule has 1 unspecified atom stereocenters. The van der Waals surface area contributed by atoms with Gasteiger partial charge in [-0.05, 0) is 68.6 Å². The second kappa shape index (κ2) is 11.0. The third kappa shape index (κ3) is 6.06. The maximum atomic E-state index is 13.5. The van der Waals surface area contributed by atoms with Crippen LogP contribution >= 0.6 is 0 Å². The Labute approximate surface area is 205 Å². The van der Waals surface area contributed by atoms with E-state index < -0.39 is 0 Å². The van der Waals surface area contributed by atoms with E-state index in [9.17, 15) is 9.18 Å². The van der Waals surface area contributed by atoms with Crippen molar-refractivity contribution in [2.75, 3.05) is 42.9 Å². The number of carbonyl (C=O) groups excluding carboxylic acids is 1. The predicted molar refractivity (Wildman–Crippen MR) is 134 cm³/mol. The Morgan fingerprint density at radius 3 is 2.60 bits per heavy atom. The van der Waals surface area contributed by atoms with Gasteiger partial charge in [0, 0.05) is 36.6 Å². The Kier molecular flexibility index (Phi) is 7.37. The van der Waals surface area contributed by atoms with Gasteiger partial charge in [0.05, 0.1) is 12.5 Å². The van der Waals surface area contributed by atoms with E-state index in [2.05, 4.69) is 37.4 Å². The van der Waals surface area contributed by atoms with E-state index in [0.717, 1.165) is 38.2 Å². The normalized spacial score (nSPS) is 19.3. The second-order valence-electron chi connectivity index (χ2n) is 9.54. The molecule has 0 aliphatic carbocycles. The first-order chi connectivity index (χ1) is 17.1. The van der Waals surface area contributed by atoms with Gasteiger partial charge in [-0.2, -0.15) is 4.98 Å². The van der Waals surface area contributed by atoms with Crippen LogP contribution in [0.15, 0.2) is 53.1 Å². The molecule has 3 aromatic rings. The zero-order valence-corrected chi connectivity index (χ0v) is 20.0. The van der Waals surface area contributed by atoms with Crippen molar-refractivity contribution in [1.29, 1.82) is 0 Å². The van der Waals surface area contributed by atoms with Crippen LogP contribution in [-0.4, -0.2) is 53.7 Å². The van der Waals surface area contributed by atoms with Crippen LogP contribution in [0.3, 0.4) is 0 Å². The van der Waals surface area contributed by atoms with Crippen molar-refractivity contribution in [3.63, 3.8) is 0 Å². The lowest BCUT2D eigenvalue weighted by Crippen LogP contribution is -2.39. The molecule has 184 valence electrons. The van der Waals surface area contributed by atoms with Gasteiger partial charge in [-0.25, -0.2) is 4.39 Å². The lowest BCUT2D eigenvalue weighted by atomic mass is 9.98. The number of likely N-dealkylation sites (tertiary alicyclic amines) is 1. The molecular weight excluding hydrogens is 445 g/mol. The van der Waals surface area contributed by atoms with E-state index in [1.165, 1.54) is 43.5 Å². The number of halogens is 1. The van der Waals surface area contributed by atoms with Crippen molar-refractivity contribution in [3.8, 4) is 11.4 Å². The molecule has 0 bridgehead atoms. The summed E-state index contributed by atoms with van der Waals surface area (Å²) in [6.45, 7) is 4.04. The molecule has 2 aliphatic rings. The first-order valence-corrected chi connectivity index (χ1v) is 12.6. The number of hydrogen-bond acceptors (Lipinski definition) is 6. The highest BCUT2D eigenvalue weighted by molar-refractivity contribution is 5.92. The number of nitrogens with one attached hydrogen (secondary N) is 1. The van der Waals surface area contributed by atoms with Crippen molar-refractivity contribution < 1.29 is 13.7 Å². The van der Waals surface area contributed by atoms with Crippen molar-refractivity contribution in [1.82, 2.24) is 15.0 Å². The minimum Gasteiger partial charge on any atom is -0.372 e. The highest BCUT2D eigenvalue weighted by Crippen LogP contribution is 2.28. The first-order valence-electron chi connectivity index (χ1n) is 12.6. The predicted octanol–water partition coefficient (Wildman–Crippen LogP) is 5.07. The van der Waals surface area contributed by atoms with E-state index in [0.29, 0.717) is 30.4 Å². The molecule has 1 atom stereocenters. The molecular formula is C27H32FN5O2. The fourth-order valence-electron chi connectivity index (χ4n) is 5.03. The van der Waals surface area contributed by atoms with Crippen molar-refractivity contribution in [2.45, 2.75) is 44.4 Å². The van der Waals surface area contributed by atoms with Crippen molar-refractivity contribution in [2.24, 2.45) is 0 Å². The van der Waals surface area contributed by atoms with Crippen LogP contribution in [0.1, 0.15) is 50.3 Å². The monoisotopic (exact) mass is 477 g/mol.